The van der Waals surface area contributed by atoms with Gasteiger partial charge in [-0.15, -0.1) is 0 Å². The second kappa shape index (κ2) is 8.20. The molecule has 4 nitrogen and oxygen atoms in total. The first-order valence-corrected chi connectivity index (χ1v) is 7.28. The maximum absolute atomic E-state index is 10.9. The van der Waals surface area contributed by atoms with Crippen molar-refractivity contribution in [1.29, 1.82) is 0 Å². The molecule has 0 aromatic heterocycles. The van der Waals surface area contributed by atoms with Crippen LogP contribution in [0.3, 0.4) is 0 Å². The lowest BCUT2D eigenvalue weighted by molar-refractivity contribution is -0.141. The topological polar surface area (TPSA) is 61.5 Å². The zero-order valence-electron chi connectivity index (χ0n) is 12.7. The third-order valence-electron chi connectivity index (χ3n) is 3.41. The molecule has 0 unspecified atom stereocenters. The molecule has 0 radical (unpaired) electrons. The summed E-state index contributed by atoms with van der Waals surface area (Å²) in [6.45, 7) is 0.994. The van der Waals surface area contributed by atoms with Gasteiger partial charge in [-0.25, -0.2) is 0 Å². The number of anilines is 1. The summed E-state index contributed by atoms with van der Waals surface area (Å²) in [4.78, 5) is 10.9. The Bertz CT molecular complexity index is 591. The second-order valence-corrected chi connectivity index (χ2v) is 5.01. The summed E-state index contributed by atoms with van der Waals surface area (Å²) < 4.78 is 9.97. The molecule has 116 valence electrons. The van der Waals surface area contributed by atoms with Crippen molar-refractivity contribution in [3.63, 3.8) is 0 Å². The van der Waals surface area contributed by atoms with E-state index in [1.807, 2.05) is 24.3 Å². The number of carbonyl (C=O) groups is 1. The summed E-state index contributed by atoms with van der Waals surface area (Å²) >= 11 is 0. The van der Waals surface area contributed by atoms with Crippen molar-refractivity contribution in [3.8, 4) is 11.1 Å². The fourth-order valence-electron chi connectivity index (χ4n) is 2.09. The van der Waals surface area contributed by atoms with Crippen molar-refractivity contribution in [2.45, 2.75) is 12.8 Å². The minimum absolute atomic E-state index is 0.243. The molecule has 22 heavy (non-hydrogen) atoms. The Kier molecular flexibility index (Phi) is 5.98. The summed E-state index contributed by atoms with van der Waals surface area (Å²) in [6, 6.07) is 16.2. The van der Waals surface area contributed by atoms with Gasteiger partial charge in [-0.3, -0.25) is 4.79 Å². The van der Waals surface area contributed by atoms with Gasteiger partial charge in [-0.2, -0.15) is 0 Å². The number of benzene rings is 2. The van der Waals surface area contributed by atoms with Gasteiger partial charge in [0.25, 0.3) is 0 Å². The molecule has 0 saturated heterocycles. The lowest BCUT2D eigenvalue weighted by atomic mass is 10.0. The highest BCUT2D eigenvalue weighted by atomic mass is 16.5. The molecule has 0 aliphatic rings. The standard InChI is InChI=1S/C18H21NO3/c1-21-18(20)11-13-22-12-10-14-2-4-15(5-3-14)16-6-8-17(19)9-7-16/h2-9H,10-13,19H2,1H3. The van der Waals surface area contributed by atoms with Crippen LogP contribution >= 0.6 is 0 Å². The number of nitrogens with two attached hydrogens (primary N) is 1. The van der Waals surface area contributed by atoms with Gasteiger partial charge in [0.05, 0.1) is 26.7 Å². The Morgan fingerprint density at radius 2 is 1.55 bits per heavy atom. The zero-order valence-corrected chi connectivity index (χ0v) is 12.7. The summed E-state index contributed by atoms with van der Waals surface area (Å²) in [5, 5.41) is 0. The van der Waals surface area contributed by atoms with Gasteiger partial charge in [0.2, 0.25) is 0 Å². The SMILES string of the molecule is COC(=O)CCOCCc1ccc(-c2ccc(N)cc2)cc1. The Morgan fingerprint density at radius 1 is 0.955 bits per heavy atom. The fourth-order valence-corrected chi connectivity index (χ4v) is 2.09. The number of esters is 1. The van der Waals surface area contributed by atoms with Crippen molar-refractivity contribution >= 4 is 11.7 Å². The molecule has 0 amide bonds. The van der Waals surface area contributed by atoms with E-state index >= 15 is 0 Å². The van der Waals surface area contributed by atoms with Crippen LogP contribution in [0.5, 0.6) is 0 Å². The lowest BCUT2D eigenvalue weighted by Crippen LogP contribution is -2.07. The number of carbonyl (C=O) groups excluding carboxylic acids is 1. The summed E-state index contributed by atoms with van der Waals surface area (Å²) in [5.41, 5.74) is 9.98. The number of nitrogen functional groups attached to an aromatic ring is 1. The third-order valence-corrected chi connectivity index (χ3v) is 3.41. The monoisotopic (exact) mass is 299 g/mol. The lowest BCUT2D eigenvalue weighted by Gasteiger charge is -2.06. The molecule has 2 rings (SSSR count). The molecule has 4 heteroatoms. The number of rotatable bonds is 7. The van der Waals surface area contributed by atoms with Crippen LogP contribution in [0, 0.1) is 0 Å². The summed E-state index contributed by atoms with van der Waals surface area (Å²) in [6.07, 6.45) is 1.12. The van der Waals surface area contributed by atoms with Crippen molar-refractivity contribution in [3.05, 3.63) is 54.1 Å². The molecule has 0 bridgehead atoms. The molecule has 0 atom stereocenters. The van der Waals surface area contributed by atoms with E-state index in [0.717, 1.165) is 23.2 Å². The first kappa shape index (κ1) is 16.0. The smallest absolute Gasteiger partial charge is 0.307 e. The fraction of sp³-hybridized carbons (Fsp3) is 0.278. The van der Waals surface area contributed by atoms with Gasteiger partial charge in [0.15, 0.2) is 0 Å². The van der Waals surface area contributed by atoms with Crippen LogP contribution in [-0.4, -0.2) is 26.3 Å². The molecule has 0 spiro atoms. The molecular weight excluding hydrogens is 278 g/mol. The third kappa shape index (κ3) is 4.90. The Hall–Kier alpha value is -2.33. The van der Waals surface area contributed by atoms with Crippen LogP contribution in [0.25, 0.3) is 11.1 Å². The number of ether oxygens (including phenoxy) is 2. The Labute approximate surface area is 130 Å². The van der Waals surface area contributed by atoms with Crippen LogP contribution in [0.4, 0.5) is 5.69 Å². The average molecular weight is 299 g/mol. The van der Waals surface area contributed by atoms with Gasteiger partial charge in [0.1, 0.15) is 0 Å². The van der Waals surface area contributed by atoms with E-state index in [1.54, 1.807) is 0 Å². The number of methoxy groups -OCH3 is 1. The summed E-state index contributed by atoms with van der Waals surface area (Å²) in [5.74, 6) is -0.243. The van der Waals surface area contributed by atoms with E-state index in [0.29, 0.717) is 19.6 Å². The highest BCUT2D eigenvalue weighted by Crippen LogP contribution is 2.21. The minimum atomic E-state index is -0.243. The largest absolute Gasteiger partial charge is 0.469 e. The van der Waals surface area contributed by atoms with Crippen molar-refractivity contribution in [2.24, 2.45) is 0 Å². The second-order valence-electron chi connectivity index (χ2n) is 5.01. The molecule has 0 heterocycles. The quantitative estimate of drug-likeness (QED) is 0.485. The maximum Gasteiger partial charge on any atom is 0.307 e. The van der Waals surface area contributed by atoms with Crippen LogP contribution in [0.15, 0.2) is 48.5 Å². The van der Waals surface area contributed by atoms with Gasteiger partial charge < -0.3 is 15.2 Å². The van der Waals surface area contributed by atoms with Gasteiger partial charge in [-0.05, 0) is 35.2 Å². The number of hydrogen-bond donors (Lipinski definition) is 1. The van der Waals surface area contributed by atoms with Crippen molar-refractivity contribution in [2.75, 3.05) is 26.1 Å². The molecule has 0 aliphatic heterocycles. The molecule has 2 N–H and O–H groups in total. The number of hydrogen-bond acceptors (Lipinski definition) is 4. The highest BCUT2D eigenvalue weighted by molar-refractivity contribution is 5.69. The first-order valence-electron chi connectivity index (χ1n) is 7.28. The zero-order chi connectivity index (χ0) is 15.8. The molecule has 0 aliphatic carbocycles. The Balaban J connectivity index is 1.79. The molecular formula is C18H21NO3. The predicted molar refractivity (Wildman–Crippen MR) is 87.4 cm³/mol. The van der Waals surface area contributed by atoms with Crippen LogP contribution < -0.4 is 5.73 Å². The predicted octanol–water partition coefficient (Wildman–Crippen LogP) is 3.06. The van der Waals surface area contributed by atoms with E-state index in [9.17, 15) is 4.79 Å². The minimum Gasteiger partial charge on any atom is -0.469 e. The normalized spacial score (nSPS) is 10.4. The van der Waals surface area contributed by atoms with Crippen molar-refractivity contribution in [1.82, 2.24) is 0 Å². The van der Waals surface area contributed by atoms with Gasteiger partial charge in [-0.1, -0.05) is 36.4 Å². The van der Waals surface area contributed by atoms with E-state index in [1.165, 1.54) is 12.7 Å². The highest BCUT2D eigenvalue weighted by Gasteiger charge is 2.01. The van der Waals surface area contributed by atoms with Crippen LogP contribution in [0.2, 0.25) is 0 Å². The van der Waals surface area contributed by atoms with Crippen LogP contribution in [-0.2, 0) is 20.7 Å². The van der Waals surface area contributed by atoms with E-state index in [-0.39, 0.29) is 5.97 Å². The molecule has 2 aromatic rings. The maximum atomic E-state index is 10.9. The van der Waals surface area contributed by atoms with Crippen LogP contribution in [0.1, 0.15) is 12.0 Å². The summed E-state index contributed by atoms with van der Waals surface area (Å²) in [7, 11) is 1.38. The molecule has 2 aromatic carbocycles. The molecule has 0 fully saturated rings. The average Bonchev–Trinajstić information content (AvgIpc) is 2.55. The van der Waals surface area contributed by atoms with Gasteiger partial charge >= 0.3 is 5.97 Å². The van der Waals surface area contributed by atoms with E-state index in [4.69, 9.17) is 10.5 Å². The first-order chi connectivity index (χ1) is 10.7. The van der Waals surface area contributed by atoms with E-state index in [2.05, 4.69) is 29.0 Å². The Morgan fingerprint density at radius 3 is 2.14 bits per heavy atom. The van der Waals surface area contributed by atoms with Gasteiger partial charge in [0, 0.05) is 5.69 Å². The molecule has 0 saturated carbocycles. The van der Waals surface area contributed by atoms with Crippen molar-refractivity contribution < 1.29 is 14.3 Å². The van der Waals surface area contributed by atoms with E-state index < -0.39 is 0 Å².